The molecule has 6 heteroatoms. The number of nitrogens with zero attached hydrogens (tertiary/aromatic N) is 1. The maximum Gasteiger partial charge on any atom is 0.322 e. The molecule has 2 fully saturated rings. The van der Waals surface area contributed by atoms with Gasteiger partial charge in [-0.1, -0.05) is 6.92 Å². The van der Waals surface area contributed by atoms with Gasteiger partial charge >= 0.3 is 6.03 Å². The second kappa shape index (κ2) is 6.74. The van der Waals surface area contributed by atoms with Gasteiger partial charge in [0.25, 0.3) is 0 Å². The first-order valence-electron chi connectivity index (χ1n) is 8.19. The van der Waals surface area contributed by atoms with Crippen LogP contribution in [0.2, 0.25) is 0 Å². The quantitative estimate of drug-likeness (QED) is 0.896. The van der Waals surface area contributed by atoms with Gasteiger partial charge in [-0.05, 0) is 43.2 Å². The Morgan fingerprint density at radius 1 is 1.43 bits per heavy atom. The zero-order chi connectivity index (χ0) is 16.4. The van der Waals surface area contributed by atoms with Crippen LogP contribution in [0.25, 0.3) is 0 Å². The average molecular weight is 322 g/mol. The molecule has 1 saturated carbocycles. The lowest BCUT2D eigenvalue weighted by molar-refractivity contribution is 0.0463. The van der Waals surface area contributed by atoms with E-state index in [0.29, 0.717) is 37.1 Å². The number of anilines is 1. The predicted molar refractivity (Wildman–Crippen MR) is 85.0 cm³/mol. The van der Waals surface area contributed by atoms with Crippen molar-refractivity contribution in [2.75, 3.05) is 25.0 Å². The van der Waals surface area contributed by atoms with Crippen LogP contribution >= 0.6 is 0 Å². The van der Waals surface area contributed by atoms with Crippen molar-refractivity contribution in [1.29, 1.82) is 0 Å². The number of ether oxygens (including phenoxy) is 1. The number of carbonyl (C=O) groups is 1. The van der Waals surface area contributed by atoms with Crippen molar-refractivity contribution < 1.29 is 19.0 Å². The number of amides is 2. The number of aliphatic hydroxyl groups excluding tert-OH is 1. The van der Waals surface area contributed by atoms with E-state index in [9.17, 15) is 14.3 Å². The van der Waals surface area contributed by atoms with E-state index in [4.69, 9.17) is 4.74 Å². The van der Waals surface area contributed by atoms with Gasteiger partial charge in [0.1, 0.15) is 11.6 Å². The molecule has 3 rings (SSSR count). The van der Waals surface area contributed by atoms with Crippen molar-refractivity contribution in [2.45, 2.75) is 32.3 Å². The Hall–Kier alpha value is -1.82. The molecular weight excluding hydrogens is 299 g/mol. The molecule has 0 spiro atoms. The second-order valence-electron chi connectivity index (χ2n) is 6.60. The van der Waals surface area contributed by atoms with Crippen LogP contribution < -0.4 is 10.1 Å². The summed E-state index contributed by atoms with van der Waals surface area (Å²) >= 11 is 0. The minimum atomic E-state index is -0.506. The van der Waals surface area contributed by atoms with Gasteiger partial charge in [0.05, 0.1) is 18.4 Å². The van der Waals surface area contributed by atoms with E-state index >= 15 is 0 Å². The van der Waals surface area contributed by atoms with Crippen LogP contribution in [0.3, 0.4) is 0 Å². The van der Waals surface area contributed by atoms with Gasteiger partial charge in [-0.15, -0.1) is 0 Å². The van der Waals surface area contributed by atoms with E-state index in [0.717, 1.165) is 19.3 Å². The summed E-state index contributed by atoms with van der Waals surface area (Å²) in [5.74, 6) is 0.704. The Morgan fingerprint density at radius 3 is 2.91 bits per heavy atom. The number of hydrogen-bond donors (Lipinski definition) is 2. The Kier molecular flexibility index (Phi) is 4.71. The zero-order valence-electron chi connectivity index (χ0n) is 13.3. The largest absolute Gasteiger partial charge is 0.491 e. The van der Waals surface area contributed by atoms with Crippen LogP contribution in [-0.2, 0) is 0 Å². The summed E-state index contributed by atoms with van der Waals surface area (Å²) in [4.78, 5) is 13.9. The maximum absolute atomic E-state index is 13.4. The fraction of sp³-hybridized carbons (Fsp3) is 0.588. The van der Waals surface area contributed by atoms with Crippen LogP contribution in [0.4, 0.5) is 14.9 Å². The summed E-state index contributed by atoms with van der Waals surface area (Å²) in [7, 11) is 0. The molecule has 5 nitrogen and oxygen atoms in total. The summed E-state index contributed by atoms with van der Waals surface area (Å²) in [6.45, 7) is 3.44. The molecule has 0 bridgehead atoms. The van der Waals surface area contributed by atoms with E-state index < -0.39 is 11.9 Å². The van der Waals surface area contributed by atoms with Gasteiger partial charge < -0.3 is 20.1 Å². The summed E-state index contributed by atoms with van der Waals surface area (Å²) in [6.07, 6.45) is 2.54. The second-order valence-corrected chi connectivity index (χ2v) is 6.60. The van der Waals surface area contributed by atoms with Crippen molar-refractivity contribution in [3.8, 4) is 5.75 Å². The highest BCUT2D eigenvalue weighted by Crippen LogP contribution is 2.32. The molecule has 1 aliphatic carbocycles. The number of hydrogen-bond acceptors (Lipinski definition) is 3. The van der Waals surface area contributed by atoms with Crippen molar-refractivity contribution in [3.05, 3.63) is 24.0 Å². The molecule has 126 valence electrons. The lowest BCUT2D eigenvalue weighted by Crippen LogP contribution is -2.47. The Balaban J connectivity index is 1.65. The number of halogens is 1. The average Bonchev–Trinajstić information content (AvgIpc) is 3.34. The summed E-state index contributed by atoms with van der Waals surface area (Å²) in [5, 5.41) is 12.7. The van der Waals surface area contributed by atoms with Crippen LogP contribution in [0.1, 0.15) is 26.2 Å². The molecule has 2 aliphatic rings. The normalized spacial score (nSPS) is 24.4. The first-order chi connectivity index (χ1) is 11.0. The van der Waals surface area contributed by atoms with E-state index in [2.05, 4.69) is 5.32 Å². The highest BCUT2D eigenvalue weighted by molar-refractivity contribution is 5.91. The van der Waals surface area contributed by atoms with E-state index in [1.165, 1.54) is 18.2 Å². The van der Waals surface area contributed by atoms with E-state index in [-0.39, 0.29) is 11.9 Å². The molecule has 23 heavy (non-hydrogen) atoms. The number of urea groups is 1. The molecule has 1 saturated heterocycles. The van der Waals surface area contributed by atoms with Gasteiger partial charge in [-0.3, -0.25) is 0 Å². The van der Waals surface area contributed by atoms with Gasteiger partial charge in [0, 0.05) is 19.2 Å². The number of nitrogens with one attached hydrogen (secondary N) is 1. The molecule has 2 unspecified atom stereocenters. The monoisotopic (exact) mass is 322 g/mol. The molecule has 2 atom stereocenters. The van der Waals surface area contributed by atoms with Gasteiger partial charge in [-0.25, -0.2) is 9.18 Å². The van der Waals surface area contributed by atoms with Crippen molar-refractivity contribution in [1.82, 2.24) is 4.90 Å². The fourth-order valence-electron chi connectivity index (χ4n) is 2.64. The smallest absolute Gasteiger partial charge is 0.322 e. The molecule has 2 amide bonds. The standard InChI is InChI=1S/C17H23FN2O3/c1-11-6-7-20(9-15(11)21)17(22)19-14-5-4-13(18)8-16(14)23-10-12-2-3-12/h4-5,8,11-12,15,21H,2-3,6-7,9-10H2,1H3,(H,19,22). The number of likely N-dealkylation sites (tertiary alicyclic amines) is 1. The summed E-state index contributed by atoms with van der Waals surface area (Å²) < 4.78 is 19.1. The number of rotatable bonds is 4. The van der Waals surface area contributed by atoms with E-state index in [1.807, 2.05) is 6.92 Å². The molecule has 1 aromatic carbocycles. The summed E-state index contributed by atoms with van der Waals surface area (Å²) in [5.41, 5.74) is 0.463. The molecule has 1 aromatic rings. The molecule has 2 N–H and O–H groups in total. The molecular formula is C17H23FN2O3. The highest BCUT2D eigenvalue weighted by atomic mass is 19.1. The first-order valence-corrected chi connectivity index (χ1v) is 8.19. The van der Waals surface area contributed by atoms with Crippen LogP contribution in [-0.4, -0.2) is 41.8 Å². The minimum Gasteiger partial charge on any atom is -0.491 e. The number of aliphatic hydroxyl groups is 1. The van der Waals surface area contributed by atoms with Gasteiger partial charge in [0.2, 0.25) is 0 Å². The van der Waals surface area contributed by atoms with E-state index in [1.54, 1.807) is 4.90 Å². The third-order valence-electron chi connectivity index (χ3n) is 4.56. The molecule has 1 aliphatic heterocycles. The summed E-state index contributed by atoms with van der Waals surface area (Å²) in [6, 6.07) is 3.81. The highest BCUT2D eigenvalue weighted by Gasteiger charge is 2.28. The third-order valence-corrected chi connectivity index (χ3v) is 4.56. The number of carbonyl (C=O) groups excluding carboxylic acids is 1. The van der Waals surface area contributed by atoms with Crippen molar-refractivity contribution in [3.63, 3.8) is 0 Å². The van der Waals surface area contributed by atoms with Crippen molar-refractivity contribution >= 4 is 11.7 Å². The SMILES string of the molecule is CC1CCN(C(=O)Nc2ccc(F)cc2OCC2CC2)CC1O. The molecule has 1 heterocycles. The lowest BCUT2D eigenvalue weighted by atomic mass is 9.96. The Labute approximate surface area is 135 Å². The van der Waals surface area contributed by atoms with Crippen LogP contribution in [0.15, 0.2) is 18.2 Å². The maximum atomic E-state index is 13.4. The zero-order valence-corrected chi connectivity index (χ0v) is 13.3. The van der Waals surface area contributed by atoms with Crippen LogP contribution in [0.5, 0.6) is 5.75 Å². The number of β-amino-alcohol motifs (C(OH)–C–C–N with tert-alkyl or cyclic N) is 1. The predicted octanol–water partition coefficient (Wildman–Crippen LogP) is 2.85. The lowest BCUT2D eigenvalue weighted by Gasteiger charge is -2.34. The first kappa shape index (κ1) is 16.1. The Bertz CT molecular complexity index is 577. The molecule has 0 radical (unpaired) electrons. The minimum absolute atomic E-state index is 0.197. The van der Waals surface area contributed by atoms with Crippen molar-refractivity contribution in [2.24, 2.45) is 11.8 Å². The molecule has 0 aromatic heterocycles. The van der Waals surface area contributed by atoms with Gasteiger partial charge in [0.15, 0.2) is 0 Å². The topological polar surface area (TPSA) is 61.8 Å². The fourth-order valence-corrected chi connectivity index (χ4v) is 2.64. The number of piperidine rings is 1. The van der Waals surface area contributed by atoms with Crippen LogP contribution in [0, 0.1) is 17.7 Å². The Morgan fingerprint density at radius 2 is 2.22 bits per heavy atom. The third kappa shape index (κ3) is 4.13. The number of benzene rings is 1. The van der Waals surface area contributed by atoms with Gasteiger partial charge in [-0.2, -0.15) is 0 Å².